The molecule has 2 aromatic rings. The van der Waals surface area contributed by atoms with Crippen molar-refractivity contribution in [2.45, 2.75) is 6.42 Å². The molecule has 6 heteroatoms. The normalized spacial score (nSPS) is 10.2. The highest BCUT2D eigenvalue weighted by molar-refractivity contribution is 5.88. The Hall–Kier alpha value is -2.37. The lowest BCUT2D eigenvalue weighted by Crippen LogP contribution is -2.02. The first-order valence-corrected chi connectivity index (χ1v) is 4.86. The SMILES string of the molecule is COc1ncccc1Cc1nocc1C(=O)O. The summed E-state index contributed by atoms with van der Waals surface area (Å²) < 4.78 is 9.74. The van der Waals surface area contributed by atoms with Gasteiger partial charge >= 0.3 is 5.97 Å². The van der Waals surface area contributed by atoms with Gasteiger partial charge in [-0.2, -0.15) is 0 Å². The average molecular weight is 234 g/mol. The molecule has 2 rings (SSSR count). The molecule has 0 radical (unpaired) electrons. The van der Waals surface area contributed by atoms with Crippen LogP contribution >= 0.6 is 0 Å². The van der Waals surface area contributed by atoms with Crippen LogP contribution in [0, 0.1) is 0 Å². The Labute approximate surface area is 96.8 Å². The maximum Gasteiger partial charge on any atom is 0.340 e. The van der Waals surface area contributed by atoms with Crippen molar-refractivity contribution in [3.8, 4) is 5.88 Å². The molecular formula is C11H10N2O4. The molecule has 0 fully saturated rings. The van der Waals surface area contributed by atoms with Gasteiger partial charge in [0.1, 0.15) is 17.5 Å². The molecule has 0 aliphatic rings. The van der Waals surface area contributed by atoms with Crippen molar-refractivity contribution in [3.63, 3.8) is 0 Å². The smallest absolute Gasteiger partial charge is 0.340 e. The molecule has 0 atom stereocenters. The molecule has 0 aromatic carbocycles. The maximum atomic E-state index is 10.9. The highest BCUT2D eigenvalue weighted by atomic mass is 16.5. The number of hydrogen-bond acceptors (Lipinski definition) is 5. The Kier molecular flexibility index (Phi) is 3.04. The predicted molar refractivity (Wildman–Crippen MR) is 57.1 cm³/mol. The van der Waals surface area contributed by atoms with Crippen LogP contribution in [0.3, 0.4) is 0 Å². The molecule has 0 bridgehead atoms. The van der Waals surface area contributed by atoms with Gasteiger partial charge in [-0.25, -0.2) is 9.78 Å². The zero-order valence-corrected chi connectivity index (χ0v) is 9.08. The van der Waals surface area contributed by atoms with E-state index in [0.29, 0.717) is 18.0 Å². The minimum atomic E-state index is -1.07. The summed E-state index contributed by atoms with van der Waals surface area (Å²) in [5, 5.41) is 12.6. The Balaban J connectivity index is 2.31. The quantitative estimate of drug-likeness (QED) is 0.859. The molecule has 17 heavy (non-hydrogen) atoms. The lowest BCUT2D eigenvalue weighted by molar-refractivity contribution is 0.0695. The molecule has 0 aliphatic heterocycles. The first-order valence-electron chi connectivity index (χ1n) is 4.86. The van der Waals surface area contributed by atoms with Crippen molar-refractivity contribution in [1.82, 2.24) is 10.1 Å². The van der Waals surface area contributed by atoms with E-state index in [1.165, 1.54) is 7.11 Å². The second kappa shape index (κ2) is 4.65. The van der Waals surface area contributed by atoms with Gasteiger partial charge in [0.15, 0.2) is 0 Å². The highest BCUT2D eigenvalue weighted by Gasteiger charge is 2.16. The van der Waals surface area contributed by atoms with Crippen LogP contribution in [0.5, 0.6) is 5.88 Å². The monoisotopic (exact) mass is 234 g/mol. The number of aromatic carboxylic acids is 1. The fourth-order valence-corrected chi connectivity index (χ4v) is 1.48. The molecular weight excluding hydrogens is 224 g/mol. The van der Waals surface area contributed by atoms with Gasteiger partial charge in [-0.15, -0.1) is 0 Å². The second-order valence-electron chi connectivity index (χ2n) is 3.33. The van der Waals surface area contributed by atoms with Crippen molar-refractivity contribution >= 4 is 5.97 Å². The van der Waals surface area contributed by atoms with Gasteiger partial charge in [0.25, 0.3) is 0 Å². The van der Waals surface area contributed by atoms with Gasteiger partial charge in [-0.05, 0) is 6.07 Å². The molecule has 0 amide bonds. The topological polar surface area (TPSA) is 85.5 Å². The van der Waals surface area contributed by atoms with E-state index in [9.17, 15) is 4.79 Å². The first-order chi connectivity index (χ1) is 8.22. The molecule has 0 saturated carbocycles. The van der Waals surface area contributed by atoms with Crippen molar-refractivity contribution in [2.24, 2.45) is 0 Å². The van der Waals surface area contributed by atoms with Gasteiger partial charge < -0.3 is 14.4 Å². The van der Waals surface area contributed by atoms with Crippen molar-refractivity contribution in [3.05, 3.63) is 41.4 Å². The van der Waals surface area contributed by atoms with Crippen LogP contribution in [0.15, 0.2) is 29.1 Å². The van der Waals surface area contributed by atoms with Gasteiger partial charge in [0, 0.05) is 18.2 Å². The number of hydrogen-bond donors (Lipinski definition) is 1. The standard InChI is InChI=1S/C11H10N2O4/c1-16-10-7(3-2-4-12-10)5-9-8(11(14)15)6-17-13-9/h2-4,6H,5H2,1H3,(H,14,15). The Morgan fingerprint density at radius 1 is 1.59 bits per heavy atom. The minimum absolute atomic E-state index is 0.0518. The van der Waals surface area contributed by atoms with E-state index in [1.54, 1.807) is 18.3 Å². The summed E-state index contributed by atoms with van der Waals surface area (Å²) in [5.41, 5.74) is 1.16. The van der Waals surface area contributed by atoms with E-state index in [1.807, 2.05) is 0 Å². The number of ether oxygens (including phenoxy) is 1. The molecule has 0 spiro atoms. The lowest BCUT2D eigenvalue weighted by atomic mass is 10.1. The lowest BCUT2D eigenvalue weighted by Gasteiger charge is -2.04. The summed E-state index contributed by atoms with van der Waals surface area (Å²) in [7, 11) is 1.51. The van der Waals surface area contributed by atoms with E-state index in [0.717, 1.165) is 11.8 Å². The van der Waals surface area contributed by atoms with Crippen LogP contribution in [0.2, 0.25) is 0 Å². The third-order valence-corrected chi connectivity index (χ3v) is 2.28. The molecule has 0 unspecified atom stereocenters. The number of nitrogens with zero attached hydrogens (tertiary/aromatic N) is 2. The summed E-state index contributed by atoms with van der Waals surface area (Å²) in [4.78, 5) is 14.9. The third-order valence-electron chi connectivity index (χ3n) is 2.28. The molecule has 2 heterocycles. The Morgan fingerprint density at radius 2 is 2.41 bits per heavy atom. The molecule has 88 valence electrons. The summed E-state index contributed by atoms with van der Waals surface area (Å²) in [6, 6.07) is 3.55. The van der Waals surface area contributed by atoms with Gasteiger partial charge in [-0.1, -0.05) is 11.2 Å². The van der Waals surface area contributed by atoms with E-state index in [-0.39, 0.29) is 5.56 Å². The van der Waals surface area contributed by atoms with Crippen LogP contribution in [-0.4, -0.2) is 28.3 Å². The number of aromatic nitrogens is 2. The number of rotatable bonds is 4. The van der Waals surface area contributed by atoms with Crippen LogP contribution < -0.4 is 4.74 Å². The van der Waals surface area contributed by atoms with E-state index in [4.69, 9.17) is 9.84 Å². The summed E-state index contributed by atoms with van der Waals surface area (Å²) in [6.45, 7) is 0. The number of pyridine rings is 1. The number of carboxylic acids is 1. The largest absolute Gasteiger partial charge is 0.481 e. The fraction of sp³-hybridized carbons (Fsp3) is 0.182. The Bertz CT molecular complexity index is 536. The number of methoxy groups -OCH3 is 1. The molecule has 1 N–H and O–H groups in total. The molecule has 2 aromatic heterocycles. The molecule has 0 saturated heterocycles. The van der Waals surface area contributed by atoms with Crippen LogP contribution in [0.4, 0.5) is 0 Å². The zero-order chi connectivity index (χ0) is 12.3. The van der Waals surface area contributed by atoms with Gasteiger partial charge in [-0.3, -0.25) is 0 Å². The number of carboxylic acid groups (broad SMARTS) is 1. The average Bonchev–Trinajstić information content (AvgIpc) is 2.78. The highest BCUT2D eigenvalue weighted by Crippen LogP contribution is 2.19. The van der Waals surface area contributed by atoms with Crippen LogP contribution in [0.25, 0.3) is 0 Å². The van der Waals surface area contributed by atoms with Gasteiger partial charge in [0.2, 0.25) is 5.88 Å². The summed E-state index contributed by atoms with van der Waals surface area (Å²) in [6.07, 6.45) is 3.01. The Morgan fingerprint density at radius 3 is 3.12 bits per heavy atom. The molecule has 6 nitrogen and oxygen atoms in total. The van der Waals surface area contributed by atoms with E-state index < -0.39 is 5.97 Å². The second-order valence-corrected chi connectivity index (χ2v) is 3.33. The molecule has 0 aliphatic carbocycles. The van der Waals surface area contributed by atoms with Crippen molar-refractivity contribution in [1.29, 1.82) is 0 Å². The maximum absolute atomic E-state index is 10.9. The van der Waals surface area contributed by atoms with E-state index >= 15 is 0 Å². The van der Waals surface area contributed by atoms with E-state index in [2.05, 4.69) is 14.7 Å². The van der Waals surface area contributed by atoms with Crippen molar-refractivity contribution in [2.75, 3.05) is 7.11 Å². The predicted octanol–water partition coefficient (Wildman–Crippen LogP) is 1.37. The summed E-state index contributed by atoms with van der Waals surface area (Å²) in [5.74, 6) is -0.615. The van der Waals surface area contributed by atoms with Crippen molar-refractivity contribution < 1.29 is 19.2 Å². The zero-order valence-electron chi connectivity index (χ0n) is 9.08. The van der Waals surface area contributed by atoms with Crippen LogP contribution in [-0.2, 0) is 6.42 Å². The van der Waals surface area contributed by atoms with Crippen LogP contribution in [0.1, 0.15) is 21.6 Å². The number of carbonyl (C=O) groups is 1. The summed E-state index contributed by atoms with van der Waals surface area (Å²) >= 11 is 0. The first kappa shape index (κ1) is 11.1. The van der Waals surface area contributed by atoms with Gasteiger partial charge in [0.05, 0.1) is 7.11 Å². The minimum Gasteiger partial charge on any atom is -0.481 e. The third kappa shape index (κ3) is 2.25. The fourth-order valence-electron chi connectivity index (χ4n) is 1.48.